The van der Waals surface area contributed by atoms with E-state index in [0.717, 1.165) is 55.9 Å². The molecule has 5 nitrogen and oxygen atoms in total. The lowest BCUT2D eigenvalue weighted by Crippen LogP contribution is -2.00. The van der Waals surface area contributed by atoms with Crippen LogP contribution in [0.1, 0.15) is 0 Å². The Morgan fingerprint density at radius 2 is 0.745 bits per heavy atom. The van der Waals surface area contributed by atoms with Gasteiger partial charge in [0.05, 0.1) is 11.4 Å². The number of nitrogens with zero attached hydrogens (tertiary/aromatic N) is 5. The van der Waals surface area contributed by atoms with Crippen molar-refractivity contribution in [2.75, 3.05) is 0 Å². The quantitative estimate of drug-likeness (QED) is 0.164. The Hall–Kier alpha value is -7.15. The first kappa shape index (κ1) is 32.5. The summed E-state index contributed by atoms with van der Waals surface area (Å²) >= 11 is 1.84. The molecule has 3 heterocycles. The molecule has 0 bridgehead atoms. The smallest absolute Gasteiger partial charge is 0.164 e. The highest BCUT2D eigenvalue weighted by Gasteiger charge is 2.18. The van der Waals surface area contributed by atoms with Crippen LogP contribution in [0.15, 0.2) is 188 Å². The first-order valence-electron chi connectivity index (χ1n) is 18.2. The van der Waals surface area contributed by atoms with Gasteiger partial charge in [-0.2, -0.15) is 0 Å². The highest BCUT2D eigenvalue weighted by atomic mass is 32.1. The van der Waals surface area contributed by atoms with Gasteiger partial charge in [0.15, 0.2) is 17.5 Å². The maximum Gasteiger partial charge on any atom is 0.164 e. The summed E-state index contributed by atoms with van der Waals surface area (Å²) in [6, 6.07) is 64.9. The molecule has 0 unspecified atom stereocenters. The van der Waals surface area contributed by atoms with Gasteiger partial charge in [-0.05, 0) is 34.9 Å². The molecule has 6 heteroatoms. The third kappa shape index (κ3) is 6.24. The topological polar surface area (TPSA) is 64.5 Å². The Kier molecular flexibility index (Phi) is 8.28. The summed E-state index contributed by atoms with van der Waals surface area (Å²) in [5.74, 6) is 1.93. The number of hydrogen-bond acceptors (Lipinski definition) is 6. The Labute approximate surface area is 322 Å². The van der Waals surface area contributed by atoms with E-state index in [9.17, 15) is 0 Å². The van der Waals surface area contributed by atoms with Gasteiger partial charge in [0, 0.05) is 53.6 Å². The van der Waals surface area contributed by atoms with Crippen molar-refractivity contribution in [2.45, 2.75) is 0 Å². The second-order valence-electron chi connectivity index (χ2n) is 13.3. The highest BCUT2D eigenvalue weighted by molar-refractivity contribution is 7.26. The van der Waals surface area contributed by atoms with Crippen LogP contribution >= 0.6 is 11.3 Å². The minimum atomic E-state index is 0.634. The predicted molar refractivity (Wildman–Crippen MR) is 226 cm³/mol. The minimum Gasteiger partial charge on any atom is -0.208 e. The zero-order chi connectivity index (χ0) is 36.6. The summed E-state index contributed by atoms with van der Waals surface area (Å²) < 4.78 is 2.54. The van der Waals surface area contributed by atoms with Crippen LogP contribution in [0.2, 0.25) is 0 Å². The first-order valence-corrected chi connectivity index (χ1v) is 19.0. The van der Waals surface area contributed by atoms with E-state index in [-0.39, 0.29) is 0 Å². The monoisotopic (exact) mass is 721 g/mol. The summed E-state index contributed by atoms with van der Waals surface area (Å²) in [6.07, 6.45) is 0. The van der Waals surface area contributed by atoms with E-state index in [1.165, 1.54) is 25.7 Å². The van der Waals surface area contributed by atoms with Gasteiger partial charge in [0.25, 0.3) is 0 Å². The lowest BCUT2D eigenvalue weighted by molar-refractivity contribution is 1.04. The molecular formula is C49H31N5S. The van der Waals surface area contributed by atoms with Gasteiger partial charge in [0.1, 0.15) is 0 Å². The third-order valence-electron chi connectivity index (χ3n) is 9.90. The van der Waals surface area contributed by atoms with Crippen LogP contribution in [0, 0.1) is 0 Å². The number of benzene rings is 7. The van der Waals surface area contributed by atoms with E-state index >= 15 is 0 Å². The van der Waals surface area contributed by atoms with E-state index < -0.39 is 0 Å². The molecule has 258 valence electrons. The second-order valence-corrected chi connectivity index (χ2v) is 14.4. The molecule has 10 rings (SSSR count). The Morgan fingerprint density at radius 3 is 1.31 bits per heavy atom. The average Bonchev–Trinajstić information content (AvgIpc) is 3.66. The molecule has 7 aromatic carbocycles. The van der Waals surface area contributed by atoms with Gasteiger partial charge in [-0.1, -0.05) is 170 Å². The van der Waals surface area contributed by atoms with Crippen molar-refractivity contribution in [2.24, 2.45) is 0 Å². The molecule has 0 spiro atoms. The van der Waals surface area contributed by atoms with Crippen molar-refractivity contribution in [1.29, 1.82) is 0 Å². The molecule has 0 amide bonds. The van der Waals surface area contributed by atoms with Crippen LogP contribution in [-0.4, -0.2) is 25.1 Å². The average molecular weight is 722 g/mol. The molecule has 0 atom stereocenters. The number of thiophene rings is 1. The standard InChI is InChI=1S/C49H31N5S/c1-4-12-33(13-5-1)42-30-31-43(54-53-42)34-22-24-35(25-23-34)45-39(28-29-41-40-18-10-11-19-44(40)55-46(41)45)32-20-26-38(27-21-32)49-51-47(36-14-6-2-7-15-36)50-48(52-49)37-16-8-3-9-17-37/h1-31H. The van der Waals surface area contributed by atoms with Crippen LogP contribution in [0.25, 0.3) is 99.1 Å². The van der Waals surface area contributed by atoms with Gasteiger partial charge < -0.3 is 0 Å². The normalized spacial score (nSPS) is 11.3. The molecule has 0 fully saturated rings. The number of hydrogen-bond donors (Lipinski definition) is 0. The number of fused-ring (bicyclic) bond motifs is 3. The SMILES string of the molecule is c1ccc(-c2ccc(-c3ccc(-c4c(-c5ccc(-c6nc(-c7ccccc7)nc(-c7ccccc7)n6)cc5)ccc5c4sc4ccccc45)cc3)nn2)cc1. The fourth-order valence-corrected chi connectivity index (χ4v) is 8.38. The molecule has 0 saturated heterocycles. The summed E-state index contributed by atoms with van der Waals surface area (Å²) in [4.78, 5) is 14.8. The van der Waals surface area contributed by atoms with Crippen molar-refractivity contribution in [3.63, 3.8) is 0 Å². The molecular weight excluding hydrogens is 691 g/mol. The fourth-order valence-electron chi connectivity index (χ4n) is 7.11. The van der Waals surface area contributed by atoms with Crippen molar-refractivity contribution in [3.8, 4) is 78.9 Å². The van der Waals surface area contributed by atoms with Gasteiger partial charge in [-0.15, -0.1) is 21.5 Å². The van der Waals surface area contributed by atoms with Gasteiger partial charge in [-0.3, -0.25) is 0 Å². The van der Waals surface area contributed by atoms with E-state index in [4.69, 9.17) is 15.0 Å². The Balaban J connectivity index is 1.05. The largest absolute Gasteiger partial charge is 0.208 e. The molecule has 0 aliphatic carbocycles. The van der Waals surface area contributed by atoms with Gasteiger partial charge in [0.2, 0.25) is 0 Å². The maximum atomic E-state index is 4.96. The molecule has 0 N–H and O–H groups in total. The zero-order valence-electron chi connectivity index (χ0n) is 29.5. The minimum absolute atomic E-state index is 0.634. The molecule has 10 aromatic rings. The summed E-state index contributed by atoms with van der Waals surface area (Å²) in [5.41, 5.74) is 11.2. The third-order valence-corrected chi connectivity index (χ3v) is 11.1. The van der Waals surface area contributed by atoms with Crippen molar-refractivity contribution in [3.05, 3.63) is 188 Å². The summed E-state index contributed by atoms with van der Waals surface area (Å²) in [5, 5.41) is 11.7. The van der Waals surface area contributed by atoms with Gasteiger partial charge in [-0.25, -0.2) is 15.0 Å². The highest BCUT2D eigenvalue weighted by Crippen LogP contribution is 2.45. The van der Waals surface area contributed by atoms with E-state index in [2.05, 4.69) is 107 Å². The Bertz CT molecular complexity index is 2870. The van der Waals surface area contributed by atoms with Crippen molar-refractivity contribution < 1.29 is 0 Å². The van der Waals surface area contributed by atoms with Crippen LogP contribution < -0.4 is 0 Å². The number of aromatic nitrogens is 5. The summed E-state index contributed by atoms with van der Waals surface area (Å²) in [6.45, 7) is 0. The van der Waals surface area contributed by atoms with E-state index in [1.807, 2.05) is 102 Å². The van der Waals surface area contributed by atoms with Crippen LogP contribution in [-0.2, 0) is 0 Å². The zero-order valence-corrected chi connectivity index (χ0v) is 30.4. The molecule has 0 aliphatic heterocycles. The lowest BCUT2D eigenvalue weighted by Gasteiger charge is -2.14. The maximum absolute atomic E-state index is 4.96. The molecule has 55 heavy (non-hydrogen) atoms. The van der Waals surface area contributed by atoms with E-state index in [0.29, 0.717) is 17.5 Å². The summed E-state index contributed by atoms with van der Waals surface area (Å²) in [7, 11) is 0. The molecule has 3 aromatic heterocycles. The van der Waals surface area contributed by atoms with Crippen LogP contribution in [0.3, 0.4) is 0 Å². The van der Waals surface area contributed by atoms with Crippen molar-refractivity contribution >= 4 is 31.5 Å². The fraction of sp³-hybridized carbons (Fsp3) is 0. The Morgan fingerprint density at radius 1 is 0.309 bits per heavy atom. The first-order chi connectivity index (χ1) is 27.2. The van der Waals surface area contributed by atoms with E-state index in [1.54, 1.807) is 0 Å². The molecule has 0 aliphatic rings. The van der Waals surface area contributed by atoms with Crippen LogP contribution in [0.5, 0.6) is 0 Å². The predicted octanol–water partition coefficient (Wildman–Crippen LogP) is 12.7. The van der Waals surface area contributed by atoms with Crippen LogP contribution in [0.4, 0.5) is 0 Å². The molecule has 0 saturated carbocycles. The second kappa shape index (κ2) is 14.0. The molecule has 0 radical (unpaired) electrons. The lowest BCUT2D eigenvalue weighted by atomic mass is 9.91. The van der Waals surface area contributed by atoms with Crippen molar-refractivity contribution in [1.82, 2.24) is 25.1 Å². The number of rotatable bonds is 7. The van der Waals surface area contributed by atoms with Gasteiger partial charge >= 0.3 is 0 Å².